The molecule has 20 heavy (non-hydrogen) atoms. The van der Waals surface area contributed by atoms with Crippen LogP contribution in [0.2, 0.25) is 0 Å². The molecular weight excluding hydrogens is 250 g/mol. The number of rotatable bonds is 4. The molecule has 0 bridgehead atoms. The number of nitrogens with zero attached hydrogens (tertiary/aromatic N) is 1. The van der Waals surface area contributed by atoms with E-state index in [2.05, 4.69) is 9.97 Å². The van der Waals surface area contributed by atoms with Gasteiger partial charge >= 0.3 is 0 Å². The van der Waals surface area contributed by atoms with Crippen LogP contribution in [0.1, 0.15) is 48.3 Å². The first-order chi connectivity index (χ1) is 9.72. The molecule has 1 aliphatic rings. The minimum Gasteiger partial charge on any atom is -0.324 e. The van der Waals surface area contributed by atoms with E-state index in [1.807, 2.05) is 30.3 Å². The van der Waals surface area contributed by atoms with Gasteiger partial charge in [-0.15, -0.1) is 0 Å². The van der Waals surface area contributed by atoms with Crippen molar-refractivity contribution in [1.29, 1.82) is 0 Å². The molecule has 0 spiro atoms. The summed E-state index contributed by atoms with van der Waals surface area (Å²) in [4.78, 5) is 19.2. The highest BCUT2D eigenvalue weighted by atomic mass is 16.1. The molecule has 0 amide bonds. The number of hydrogen-bond donors (Lipinski definition) is 2. The molecular formula is C16H19N3O. The molecule has 1 atom stereocenters. The molecule has 0 radical (unpaired) electrons. The van der Waals surface area contributed by atoms with Crippen LogP contribution >= 0.6 is 0 Å². The van der Waals surface area contributed by atoms with Crippen molar-refractivity contribution in [2.24, 2.45) is 5.73 Å². The third-order valence-electron chi connectivity index (χ3n) is 3.96. The summed E-state index contributed by atoms with van der Waals surface area (Å²) in [5.41, 5.74) is 7.98. The Morgan fingerprint density at radius 2 is 2.05 bits per heavy atom. The molecule has 104 valence electrons. The Labute approximate surface area is 118 Å². The average molecular weight is 269 g/mol. The molecule has 3 N–H and O–H groups in total. The summed E-state index contributed by atoms with van der Waals surface area (Å²) < 4.78 is 0. The van der Waals surface area contributed by atoms with Crippen molar-refractivity contribution < 1.29 is 0 Å². The van der Waals surface area contributed by atoms with Crippen LogP contribution in [0.25, 0.3) is 0 Å². The summed E-state index contributed by atoms with van der Waals surface area (Å²) in [5, 5.41) is 0. The third-order valence-corrected chi connectivity index (χ3v) is 3.96. The highest BCUT2D eigenvalue weighted by Gasteiger charge is 2.22. The Morgan fingerprint density at radius 3 is 2.70 bits per heavy atom. The zero-order valence-electron chi connectivity index (χ0n) is 11.4. The van der Waals surface area contributed by atoms with Gasteiger partial charge in [0.1, 0.15) is 5.82 Å². The fourth-order valence-electron chi connectivity index (χ4n) is 2.55. The highest BCUT2D eigenvalue weighted by Crippen LogP contribution is 2.33. The van der Waals surface area contributed by atoms with E-state index in [9.17, 15) is 4.79 Å². The highest BCUT2D eigenvalue weighted by molar-refractivity contribution is 5.20. The van der Waals surface area contributed by atoms with Crippen molar-refractivity contribution in [2.45, 2.75) is 37.6 Å². The standard InChI is InChI=1S/C16H19N3O/c17-14(11-5-2-1-3-6-11)9-13-10-15(20)19-16(18-13)12-7-4-8-12/h1-3,5-6,10,12,14H,4,7-9,17H2,(H,18,19,20)/t14-/m1/s1. The van der Waals surface area contributed by atoms with E-state index in [0.717, 1.165) is 29.9 Å². The van der Waals surface area contributed by atoms with Gasteiger partial charge in [-0.25, -0.2) is 4.98 Å². The summed E-state index contributed by atoms with van der Waals surface area (Å²) in [6.45, 7) is 0. The maximum Gasteiger partial charge on any atom is 0.251 e. The number of H-pyrrole nitrogens is 1. The summed E-state index contributed by atoms with van der Waals surface area (Å²) in [7, 11) is 0. The zero-order chi connectivity index (χ0) is 13.9. The Morgan fingerprint density at radius 1 is 1.30 bits per heavy atom. The maximum absolute atomic E-state index is 11.7. The lowest BCUT2D eigenvalue weighted by atomic mass is 9.85. The van der Waals surface area contributed by atoms with Gasteiger partial charge in [0.2, 0.25) is 0 Å². The summed E-state index contributed by atoms with van der Waals surface area (Å²) in [6, 6.07) is 11.4. The van der Waals surface area contributed by atoms with E-state index in [1.165, 1.54) is 6.42 Å². The largest absolute Gasteiger partial charge is 0.324 e. The van der Waals surface area contributed by atoms with Crippen LogP contribution in [0.5, 0.6) is 0 Å². The molecule has 1 aliphatic carbocycles. The zero-order valence-corrected chi connectivity index (χ0v) is 11.4. The smallest absolute Gasteiger partial charge is 0.251 e. The van der Waals surface area contributed by atoms with Crippen LogP contribution in [-0.4, -0.2) is 9.97 Å². The number of nitrogens with one attached hydrogen (secondary N) is 1. The minimum absolute atomic E-state index is 0.0721. The predicted molar refractivity (Wildman–Crippen MR) is 78.5 cm³/mol. The van der Waals surface area contributed by atoms with Gasteiger partial charge in [0, 0.05) is 30.1 Å². The quantitative estimate of drug-likeness (QED) is 0.894. The number of aromatic amines is 1. The van der Waals surface area contributed by atoms with Crippen LogP contribution in [0.4, 0.5) is 0 Å². The van der Waals surface area contributed by atoms with Crippen molar-refractivity contribution in [3.8, 4) is 0 Å². The lowest BCUT2D eigenvalue weighted by Crippen LogP contribution is -2.22. The first kappa shape index (κ1) is 13.1. The van der Waals surface area contributed by atoms with E-state index in [4.69, 9.17) is 5.73 Å². The van der Waals surface area contributed by atoms with E-state index in [0.29, 0.717) is 12.3 Å². The van der Waals surface area contributed by atoms with Gasteiger partial charge in [0.15, 0.2) is 0 Å². The van der Waals surface area contributed by atoms with Gasteiger partial charge in [-0.05, 0) is 18.4 Å². The second-order valence-electron chi connectivity index (χ2n) is 5.47. The van der Waals surface area contributed by atoms with Gasteiger partial charge in [-0.2, -0.15) is 0 Å². The fourth-order valence-corrected chi connectivity index (χ4v) is 2.55. The summed E-state index contributed by atoms with van der Waals surface area (Å²) in [6.07, 6.45) is 4.06. The van der Waals surface area contributed by atoms with Crippen LogP contribution < -0.4 is 11.3 Å². The Bertz CT molecular complexity index is 632. The Balaban J connectivity index is 1.80. The minimum atomic E-state index is -0.125. The first-order valence-corrected chi connectivity index (χ1v) is 7.13. The van der Waals surface area contributed by atoms with Gasteiger partial charge in [-0.1, -0.05) is 36.8 Å². The van der Waals surface area contributed by atoms with Crippen molar-refractivity contribution in [3.05, 3.63) is 63.8 Å². The molecule has 4 nitrogen and oxygen atoms in total. The second kappa shape index (κ2) is 5.59. The molecule has 1 heterocycles. The fraction of sp³-hybridized carbons (Fsp3) is 0.375. The topological polar surface area (TPSA) is 71.8 Å². The van der Waals surface area contributed by atoms with Gasteiger partial charge < -0.3 is 10.7 Å². The van der Waals surface area contributed by atoms with E-state index < -0.39 is 0 Å². The predicted octanol–water partition coefficient (Wildman–Crippen LogP) is 2.28. The Hall–Kier alpha value is -1.94. The maximum atomic E-state index is 11.7. The number of hydrogen-bond acceptors (Lipinski definition) is 3. The van der Waals surface area contributed by atoms with E-state index in [1.54, 1.807) is 6.07 Å². The van der Waals surface area contributed by atoms with Gasteiger partial charge in [-0.3, -0.25) is 4.79 Å². The Kier molecular flexibility index (Phi) is 3.65. The van der Waals surface area contributed by atoms with Crippen LogP contribution in [0, 0.1) is 0 Å². The molecule has 2 aromatic rings. The van der Waals surface area contributed by atoms with Crippen molar-refractivity contribution in [1.82, 2.24) is 9.97 Å². The third kappa shape index (κ3) is 2.80. The number of benzene rings is 1. The lowest BCUT2D eigenvalue weighted by Gasteiger charge is -2.24. The molecule has 0 aliphatic heterocycles. The molecule has 0 unspecified atom stereocenters. The summed E-state index contributed by atoms with van der Waals surface area (Å²) >= 11 is 0. The first-order valence-electron chi connectivity index (χ1n) is 7.13. The SMILES string of the molecule is N[C@H](Cc1cc(=O)[nH]c(C2CCC2)n1)c1ccccc1. The van der Waals surface area contributed by atoms with E-state index in [-0.39, 0.29) is 11.6 Å². The lowest BCUT2D eigenvalue weighted by molar-refractivity contribution is 0.399. The second-order valence-corrected chi connectivity index (χ2v) is 5.47. The van der Waals surface area contributed by atoms with Gasteiger partial charge in [0.05, 0.1) is 0 Å². The molecule has 1 saturated carbocycles. The van der Waals surface area contributed by atoms with Crippen LogP contribution in [0.3, 0.4) is 0 Å². The monoisotopic (exact) mass is 269 g/mol. The summed E-state index contributed by atoms with van der Waals surface area (Å²) in [5.74, 6) is 1.26. The molecule has 4 heteroatoms. The van der Waals surface area contributed by atoms with E-state index >= 15 is 0 Å². The van der Waals surface area contributed by atoms with Crippen LogP contribution in [0.15, 0.2) is 41.2 Å². The molecule has 1 aromatic carbocycles. The van der Waals surface area contributed by atoms with Gasteiger partial charge in [0.25, 0.3) is 5.56 Å². The van der Waals surface area contributed by atoms with Crippen molar-refractivity contribution >= 4 is 0 Å². The normalized spacial score (nSPS) is 16.6. The van der Waals surface area contributed by atoms with Crippen LogP contribution in [-0.2, 0) is 6.42 Å². The molecule has 3 rings (SSSR count). The van der Waals surface area contributed by atoms with Crippen molar-refractivity contribution in [3.63, 3.8) is 0 Å². The number of aromatic nitrogens is 2. The molecule has 1 aromatic heterocycles. The molecule has 1 fully saturated rings. The van der Waals surface area contributed by atoms with Crippen molar-refractivity contribution in [2.75, 3.05) is 0 Å². The molecule has 0 saturated heterocycles. The average Bonchev–Trinajstić information content (AvgIpc) is 2.37. The number of nitrogens with two attached hydrogens (primary N) is 1.